The second kappa shape index (κ2) is 6.18. The van der Waals surface area contributed by atoms with Gasteiger partial charge in [0.25, 0.3) is 0 Å². The second-order valence-electron chi connectivity index (χ2n) is 4.82. The topological polar surface area (TPSA) is 80.0 Å². The summed E-state index contributed by atoms with van der Waals surface area (Å²) in [6.07, 6.45) is 0.485. The predicted octanol–water partition coefficient (Wildman–Crippen LogP) is 2.50. The highest BCUT2D eigenvalue weighted by Gasteiger charge is 2.10. The Labute approximate surface area is 117 Å². The quantitative estimate of drug-likeness (QED) is 0.897. The molecule has 1 aromatic heterocycles. The fraction of sp³-hybridized carbons (Fsp3) is 0.357. The lowest BCUT2D eigenvalue weighted by Crippen LogP contribution is -2.34. The van der Waals surface area contributed by atoms with Crippen molar-refractivity contribution in [2.45, 2.75) is 33.2 Å². The largest absolute Gasteiger partial charge is 0.339 e. The van der Waals surface area contributed by atoms with Crippen LogP contribution in [0, 0.1) is 6.92 Å². The molecule has 2 aromatic rings. The van der Waals surface area contributed by atoms with Crippen LogP contribution in [0.15, 0.2) is 28.8 Å². The molecule has 0 radical (unpaired) electrons. The Morgan fingerprint density at radius 1 is 1.35 bits per heavy atom. The third-order valence-corrected chi connectivity index (χ3v) is 2.60. The average molecular weight is 274 g/mol. The Kier molecular flexibility index (Phi) is 4.34. The first-order valence-corrected chi connectivity index (χ1v) is 6.49. The first-order chi connectivity index (χ1) is 9.54. The van der Waals surface area contributed by atoms with Gasteiger partial charge in [0.05, 0.1) is 6.42 Å². The third-order valence-electron chi connectivity index (χ3n) is 2.60. The van der Waals surface area contributed by atoms with E-state index in [1.165, 1.54) is 0 Å². The molecule has 0 saturated heterocycles. The van der Waals surface area contributed by atoms with Gasteiger partial charge in [0, 0.05) is 11.7 Å². The molecule has 0 saturated carbocycles. The van der Waals surface area contributed by atoms with E-state index < -0.39 is 0 Å². The smallest absolute Gasteiger partial charge is 0.319 e. The van der Waals surface area contributed by atoms with Gasteiger partial charge in [-0.25, -0.2) is 4.79 Å². The second-order valence-corrected chi connectivity index (χ2v) is 4.82. The zero-order valence-electron chi connectivity index (χ0n) is 11.8. The Bertz CT molecular complexity index is 592. The van der Waals surface area contributed by atoms with Crippen LogP contribution < -0.4 is 10.6 Å². The van der Waals surface area contributed by atoms with E-state index >= 15 is 0 Å². The minimum absolute atomic E-state index is 0.0840. The molecule has 2 amide bonds. The van der Waals surface area contributed by atoms with Gasteiger partial charge in [-0.1, -0.05) is 23.4 Å². The first-order valence-electron chi connectivity index (χ1n) is 6.49. The molecule has 0 aliphatic carbocycles. The molecule has 6 nitrogen and oxygen atoms in total. The van der Waals surface area contributed by atoms with Crippen LogP contribution in [0.2, 0.25) is 0 Å². The van der Waals surface area contributed by atoms with Crippen LogP contribution in [0.1, 0.15) is 31.1 Å². The highest BCUT2D eigenvalue weighted by atomic mass is 16.5. The maximum Gasteiger partial charge on any atom is 0.319 e. The summed E-state index contributed by atoms with van der Waals surface area (Å²) in [5.74, 6) is 1.13. The summed E-state index contributed by atoms with van der Waals surface area (Å²) >= 11 is 0. The van der Waals surface area contributed by atoms with Crippen molar-refractivity contribution in [1.82, 2.24) is 15.5 Å². The van der Waals surface area contributed by atoms with Gasteiger partial charge in [-0.15, -0.1) is 0 Å². The number of rotatable bonds is 4. The maximum absolute atomic E-state index is 11.8. The lowest BCUT2D eigenvalue weighted by Gasteiger charge is -2.12. The van der Waals surface area contributed by atoms with Crippen LogP contribution in [-0.2, 0) is 6.42 Å². The molecule has 6 heteroatoms. The van der Waals surface area contributed by atoms with E-state index in [1.807, 2.05) is 38.1 Å². The molecule has 0 unspecified atom stereocenters. The van der Waals surface area contributed by atoms with E-state index in [2.05, 4.69) is 20.8 Å². The summed E-state index contributed by atoms with van der Waals surface area (Å²) in [5.41, 5.74) is 1.66. The number of nitrogens with zero attached hydrogens (tertiary/aromatic N) is 2. The summed E-state index contributed by atoms with van der Waals surface area (Å²) in [6, 6.07) is 7.40. The minimum Gasteiger partial charge on any atom is -0.339 e. The van der Waals surface area contributed by atoms with E-state index in [-0.39, 0.29) is 12.1 Å². The number of aromatic nitrogens is 2. The summed E-state index contributed by atoms with van der Waals surface area (Å²) < 4.78 is 5.10. The molecule has 2 N–H and O–H groups in total. The molecule has 0 atom stereocenters. The number of hydrogen-bond donors (Lipinski definition) is 2. The molecule has 1 heterocycles. The number of nitrogens with one attached hydrogen (secondary N) is 2. The molecule has 2 rings (SSSR count). The Morgan fingerprint density at radius 2 is 2.10 bits per heavy atom. The number of para-hydroxylation sites is 1. The first kappa shape index (κ1) is 14.0. The molecular formula is C14H18N4O2. The fourth-order valence-corrected chi connectivity index (χ4v) is 1.79. The van der Waals surface area contributed by atoms with Crippen LogP contribution in [0.4, 0.5) is 10.5 Å². The number of benzene rings is 1. The molecule has 1 aromatic carbocycles. The van der Waals surface area contributed by atoms with Gasteiger partial charge in [0.2, 0.25) is 5.89 Å². The van der Waals surface area contributed by atoms with Gasteiger partial charge in [0.1, 0.15) is 0 Å². The van der Waals surface area contributed by atoms with E-state index in [1.54, 1.807) is 6.92 Å². The molecule has 0 fully saturated rings. The number of urea groups is 1. The van der Waals surface area contributed by atoms with Crippen LogP contribution in [-0.4, -0.2) is 22.2 Å². The highest BCUT2D eigenvalue weighted by Crippen LogP contribution is 2.18. The molecule has 0 spiro atoms. The number of aryl methyl sites for hydroxylation is 1. The molecule has 0 aliphatic heterocycles. The lowest BCUT2D eigenvalue weighted by molar-refractivity contribution is 0.250. The monoisotopic (exact) mass is 274 g/mol. The summed E-state index contributed by atoms with van der Waals surface area (Å²) in [6.45, 7) is 5.59. The third kappa shape index (κ3) is 3.81. The maximum atomic E-state index is 11.8. The molecule has 106 valence electrons. The summed E-state index contributed by atoms with van der Waals surface area (Å²) in [7, 11) is 0. The number of carbonyl (C=O) groups excluding carboxylic acids is 1. The van der Waals surface area contributed by atoms with Crippen molar-refractivity contribution in [2.75, 3.05) is 5.32 Å². The van der Waals surface area contributed by atoms with Crippen molar-refractivity contribution < 1.29 is 9.32 Å². The van der Waals surface area contributed by atoms with E-state index in [0.29, 0.717) is 18.1 Å². The highest BCUT2D eigenvalue weighted by molar-refractivity contribution is 5.90. The van der Waals surface area contributed by atoms with Crippen molar-refractivity contribution in [3.63, 3.8) is 0 Å². The van der Waals surface area contributed by atoms with Gasteiger partial charge in [-0.3, -0.25) is 0 Å². The van der Waals surface area contributed by atoms with Crippen molar-refractivity contribution in [2.24, 2.45) is 0 Å². The number of anilines is 1. The normalized spacial score (nSPS) is 10.6. The molecule has 0 bridgehead atoms. The molecular weight excluding hydrogens is 256 g/mol. The minimum atomic E-state index is -0.228. The fourth-order valence-electron chi connectivity index (χ4n) is 1.79. The number of amides is 2. The van der Waals surface area contributed by atoms with Crippen molar-refractivity contribution in [1.29, 1.82) is 0 Å². The Hall–Kier alpha value is -2.37. The van der Waals surface area contributed by atoms with Crippen molar-refractivity contribution >= 4 is 11.7 Å². The van der Waals surface area contributed by atoms with Crippen molar-refractivity contribution in [3.05, 3.63) is 41.5 Å². The van der Waals surface area contributed by atoms with Crippen LogP contribution in [0.5, 0.6) is 0 Å². The van der Waals surface area contributed by atoms with E-state index in [9.17, 15) is 4.79 Å². The van der Waals surface area contributed by atoms with E-state index in [4.69, 9.17) is 4.52 Å². The van der Waals surface area contributed by atoms with Gasteiger partial charge in [0.15, 0.2) is 5.82 Å². The van der Waals surface area contributed by atoms with Crippen LogP contribution >= 0.6 is 0 Å². The predicted molar refractivity (Wildman–Crippen MR) is 75.6 cm³/mol. The lowest BCUT2D eigenvalue weighted by atomic mass is 10.1. The zero-order chi connectivity index (χ0) is 14.5. The molecule has 20 heavy (non-hydrogen) atoms. The Balaban J connectivity index is 2.11. The standard InChI is InChI=1S/C14H18N4O2/c1-9(2)15-14(19)17-12-7-5-4-6-11(12)8-13-16-10(3)18-20-13/h4-7,9H,8H2,1-3H3,(H2,15,17,19). The summed E-state index contributed by atoms with van der Waals surface area (Å²) in [5, 5.41) is 9.37. The van der Waals surface area contributed by atoms with Gasteiger partial charge in [-0.2, -0.15) is 4.98 Å². The van der Waals surface area contributed by atoms with Gasteiger partial charge < -0.3 is 15.2 Å². The zero-order valence-corrected chi connectivity index (χ0v) is 11.8. The van der Waals surface area contributed by atoms with Gasteiger partial charge in [-0.05, 0) is 32.4 Å². The molecule has 0 aliphatic rings. The SMILES string of the molecule is Cc1noc(Cc2ccccc2NC(=O)NC(C)C)n1. The number of hydrogen-bond acceptors (Lipinski definition) is 4. The summed E-state index contributed by atoms with van der Waals surface area (Å²) in [4.78, 5) is 15.9. The average Bonchev–Trinajstić information content (AvgIpc) is 2.76. The van der Waals surface area contributed by atoms with Crippen molar-refractivity contribution in [3.8, 4) is 0 Å². The van der Waals surface area contributed by atoms with Gasteiger partial charge >= 0.3 is 6.03 Å². The number of carbonyl (C=O) groups is 1. The van der Waals surface area contributed by atoms with Crippen LogP contribution in [0.3, 0.4) is 0 Å². The van der Waals surface area contributed by atoms with Crippen LogP contribution in [0.25, 0.3) is 0 Å². The Morgan fingerprint density at radius 3 is 2.75 bits per heavy atom. The van der Waals surface area contributed by atoms with E-state index in [0.717, 1.165) is 11.3 Å².